The van der Waals surface area contributed by atoms with Gasteiger partial charge in [0.05, 0.1) is 0 Å². The molecule has 0 aliphatic heterocycles. The molecule has 0 nitrogen and oxygen atoms in total. The van der Waals surface area contributed by atoms with E-state index in [4.69, 9.17) is 0 Å². The van der Waals surface area contributed by atoms with Crippen LogP contribution in [0.2, 0.25) is 0 Å². The average molecular weight is 313 g/mol. The van der Waals surface area contributed by atoms with E-state index in [0.717, 1.165) is 6.42 Å². The van der Waals surface area contributed by atoms with Gasteiger partial charge in [-0.1, -0.05) is 102 Å². The largest absolute Gasteiger partial charge is 0.0870 e. The van der Waals surface area contributed by atoms with Gasteiger partial charge in [0.15, 0.2) is 0 Å². The van der Waals surface area contributed by atoms with Crippen LogP contribution in [0.15, 0.2) is 36.4 Å². The first-order valence-electron chi connectivity index (χ1n) is 9.12. The van der Waals surface area contributed by atoms with Gasteiger partial charge < -0.3 is 0 Å². The number of allylic oxidation sites excluding steroid dienone is 4. The van der Waals surface area contributed by atoms with E-state index in [2.05, 4.69) is 74.6 Å². The van der Waals surface area contributed by atoms with Crippen LogP contribution in [0, 0.1) is 0 Å². The number of fused-ring (bicyclic) bond motifs is 1. The van der Waals surface area contributed by atoms with E-state index < -0.39 is 0 Å². The zero-order valence-corrected chi connectivity index (χ0v) is 16.5. The van der Waals surface area contributed by atoms with Crippen molar-refractivity contribution in [3.8, 4) is 0 Å². The molecule has 0 amide bonds. The maximum atomic E-state index is 2.28. The summed E-state index contributed by atoms with van der Waals surface area (Å²) in [5.74, 6) is 0. The van der Waals surface area contributed by atoms with E-state index in [-0.39, 0.29) is 0 Å². The summed E-state index contributed by atoms with van der Waals surface area (Å²) >= 11 is 0. The lowest BCUT2D eigenvalue weighted by atomic mass is 10.0. The topological polar surface area (TPSA) is 0 Å². The molecule has 0 atom stereocenters. The van der Waals surface area contributed by atoms with Crippen molar-refractivity contribution < 1.29 is 0 Å². The lowest BCUT2D eigenvalue weighted by molar-refractivity contribution is 1.42. The first-order valence-corrected chi connectivity index (χ1v) is 9.12. The molecule has 0 saturated carbocycles. The highest BCUT2D eigenvalue weighted by atomic mass is 14.0. The SMILES string of the molecule is C/C=C\c1ccc2c(c1/C=C\C)=CC=CCC=2.CC.CC.CC. The van der Waals surface area contributed by atoms with Crippen molar-refractivity contribution in [3.05, 3.63) is 58.0 Å². The van der Waals surface area contributed by atoms with Crippen LogP contribution in [-0.4, -0.2) is 0 Å². The Morgan fingerprint density at radius 1 is 0.826 bits per heavy atom. The molecule has 0 heterocycles. The molecular formula is C23H36. The van der Waals surface area contributed by atoms with Gasteiger partial charge >= 0.3 is 0 Å². The van der Waals surface area contributed by atoms with Crippen molar-refractivity contribution in [2.75, 3.05) is 0 Å². The minimum Gasteiger partial charge on any atom is -0.0870 e. The first kappa shape index (κ1) is 23.4. The summed E-state index contributed by atoms with van der Waals surface area (Å²) in [6.45, 7) is 16.1. The normalized spacial score (nSPS) is 11.5. The van der Waals surface area contributed by atoms with Gasteiger partial charge in [0, 0.05) is 0 Å². The highest BCUT2D eigenvalue weighted by Crippen LogP contribution is 2.08. The van der Waals surface area contributed by atoms with Crippen LogP contribution in [0.4, 0.5) is 0 Å². The lowest BCUT2D eigenvalue weighted by Crippen LogP contribution is -2.27. The first-order chi connectivity index (χ1) is 11.4. The summed E-state index contributed by atoms with van der Waals surface area (Å²) in [5.41, 5.74) is 2.59. The van der Waals surface area contributed by atoms with Crippen molar-refractivity contribution in [1.82, 2.24) is 0 Å². The second-order valence-electron chi connectivity index (χ2n) is 4.11. The third kappa shape index (κ3) is 7.83. The minimum atomic E-state index is 1.02. The Labute approximate surface area is 144 Å². The fraction of sp³-hybridized carbons (Fsp3) is 0.391. The maximum Gasteiger partial charge on any atom is -0.0109 e. The zero-order chi connectivity index (χ0) is 18.1. The van der Waals surface area contributed by atoms with Crippen molar-refractivity contribution in [2.24, 2.45) is 0 Å². The molecule has 0 saturated heterocycles. The van der Waals surface area contributed by atoms with Gasteiger partial charge in [-0.3, -0.25) is 0 Å². The molecule has 0 heteroatoms. The molecule has 0 N–H and O–H groups in total. The number of benzene rings is 1. The van der Waals surface area contributed by atoms with Gasteiger partial charge in [-0.2, -0.15) is 0 Å². The fourth-order valence-corrected chi connectivity index (χ4v) is 2.15. The Balaban J connectivity index is 0. The molecule has 1 aliphatic rings. The van der Waals surface area contributed by atoms with Crippen molar-refractivity contribution in [3.63, 3.8) is 0 Å². The van der Waals surface area contributed by atoms with Crippen LogP contribution in [0.1, 0.15) is 72.9 Å². The molecule has 23 heavy (non-hydrogen) atoms. The summed E-state index contributed by atoms with van der Waals surface area (Å²) in [6, 6.07) is 4.41. The molecule has 0 unspecified atom stereocenters. The molecule has 0 spiro atoms. The molecule has 0 aromatic heterocycles. The molecule has 0 fully saturated rings. The van der Waals surface area contributed by atoms with Crippen molar-refractivity contribution in [1.29, 1.82) is 0 Å². The van der Waals surface area contributed by atoms with Gasteiger partial charge in [-0.25, -0.2) is 0 Å². The number of hydrogen-bond acceptors (Lipinski definition) is 0. The van der Waals surface area contributed by atoms with Gasteiger partial charge in [0.2, 0.25) is 0 Å². The van der Waals surface area contributed by atoms with Crippen LogP contribution >= 0.6 is 0 Å². The summed E-state index contributed by atoms with van der Waals surface area (Å²) in [7, 11) is 0. The Kier molecular flexibility index (Phi) is 16.9. The van der Waals surface area contributed by atoms with Crippen LogP contribution in [-0.2, 0) is 0 Å². The Bertz CT molecular complexity index is 596. The second-order valence-corrected chi connectivity index (χ2v) is 4.11. The molecular weight excluding hydrogens is 276 g/mol. The van der Waals surface area contributed by atoms with Gasteiger partial charge in [0.25, 0.3) is 0 Å². The van der Waals surface area contributed by atoms with Gasteiger partial charge in [0.1, 0.15) is 0 Å². The Morgan fingerprint density at radius 3 is 2.00 bits per heavy atom. The smallest absolute Gasteiger partial charge is 0.0109 e. The predicted molar refractivity (Wildman–Crippen MR) is 112 cm³/mol. The van der Waals surface area contributed by atoms with E-state index in [1.807, 2.05) is 41.5 Å². The molecule has 1 aromatic carbocycles. The molecule has 2 rings (SSSR count). The molecule has 0 bridgehead atoms. The second kappa shape index (κ2) is 16.5. The quantitative estimate of drug-likeness (QED) is 0.596. The summed E-state index contributed by atoms with van der Waals surface area (Å²) < 4.78 is 0. The van der Waals surface area contributed by atoms with Crippen LogP contribution in [0.3, 0.4) is 0 Å². The van der Waals surface area contributed by atoms with Crippen LogP contribution in [0.25, 0.3) is 24.3 Å². The van der Waals surface area contributed by atoms with Crippen molar-refractivity contribution in [2.45, 2.75) is 61.8 Å². The summed E-state index contributed by atoms with van der Waals surface area (Å²) in [5, 5.41) is 2.66. The maximum absolute atomic E-state index is 2.28. The van der Waals surface area contributed by atoms with E-state index in [0.29, 0.717) is 0 Å². The van der Waals surface area contributed by atoms with Crippen LogP contribution in [0.5, 0.6) is 0 Å². The molecule has 1 aliphatic carbocycles. The Hall–Kier alpha value is -1.82. The lowest BCUT2D eigenvalue weighted by Gasteiger charge is -2.03. The monoisotopic (exact) mass is 312 g/mol. The zero-order valence-electron chi connectivity index (χ0n) is 16.5. The fourth-order valence-electron chi connectivity index (χ4n) is 2.15. The third-order valence-electron chi connectivity index (χ3n) is 2.91. The highest BCUT2D eigenvalue weighted by molar-refractivity contribution is 5.68. The standard InChI is InChI=1S/C17H18.3C2H6/c1-3-8-14-12-13-15-10-6-5-7-11-17(15)16(14)9-4-2;3*1-2/h3-5,7-13H,6H2,1-2H3;3*1-2H3/b8-3-,9-4-;;;. The minimum absolute atomic E-state index is 1.02. The van der Waals surface area contributed by atoms with Gasteiger partial charge in [-0.15, -0.1) is 0 Å². The van der Waals surface area contributed by atoms with Crippen molar-refractivity contribution >= 4 is 24.3 Å². The van der Waals surface area contributed by atoms with Crippen LogP contribution < -0.4 is 10.4 Å². The molecule has 0 radical (unpaired) electrons. The van der Waals surface area contributed by atoms with E-state index >= 15 is 0 Å². The summed E-state index contributed by atoms with van der Waals surface area (Å²) in [4.78, 5) is 0. The molecule has 128 valence electrons. The van der Waals surface area contributed by atoms with E-state index in [1.54, 1.807) is 0 Å². The number of hydrogen-bond donors (Lipinski definition) is 0. The molecule has 1 aromatic rings. The third-order valence-corrected chi connectivity index (χ3v) is 2.91. The average Bonchev–Trinajstić information content (AvgIpc) is 2.88. The Morgan fingerprint density at radius 2 is 1.43 bits per heavy atom. The van der Waals surface area contributed by atoms with E-state index in [9.17, 15) is 0 Å². The highest BCUT2D eigenvalue weighted by Gasteiger charge is 2.00. The van der Waals surface area contributed by atoms with Gasteiger partial charge in [-0.05, 0) is 41.8 Å². The predicted octanol–water partition coefficient (Wildman–Crippen LogP) is 6.35. The summed E-state index contributed by atoms with van der Waals surface area (Å²) in [6.07, 6.45) is 18.4. The number of rotatable bonds is 2. The van der Waals surface area contributed by atoms with E-state index in [1.165, 1.54) is 21.6 Å².